The molecule has 1 aliphatic rings. The number of hydrogen-bond donors (Lipinski definition) is 0. The van der Waals surface area contributed by atoms with Crippen molar-refractivity contribution in [3.05, 3.63) is 94.8 Å². The van der Waals surface area contributed by atoms with Crippen LogP contribution in [0, 0.1) is 17.5 Å². The number of carbonyl (C=O) groups is 1. The molecule has 3 unspecified atom stereocenters. The van der Waals surface area contributed by atoms with Crippen molar-refractivity contribution in [2.24, 2.45) is 0 Å². The number of ether oxygens (including phenoxy) is 2. The van der Waals surface area contributed by atoms with Gasteiger partial charge in [0, 0.05) is 47.7 Å². The number of hydrogen-bond acceptors (Lipinski definition) is 5. The maximum absolute atomic E-state index is 15.2. The van der Waals surface area contributed by atoms with Crippen LogP contribution in [0.2, 0.25) is 0 Å². The first-order chi connectivity index (χ1) is 17.3. The fourth-order valence-corrected chi connectivity index (χ4v) is 5.07. The number of pyridine rings is 1. The van der Waals surface area contributed by atoms with Crippen LogP contribution in [0.25, 0.3) is 11.1 Å². The molecule has 4 rings (SSSR count). The third kappa shape index (κ3) is 5.50. The van der Waals surface area contributed by atoms with Crippen LogP contribution in [-0.2, 0) is 26.9 Å². The number of benzene rings is 2. The average molecular weight is 517 g/mol. The second kappa shape index (κ2) is 11.0. The molecule has 6 nitrogen and oxygen atoms in total. The van der Waals surface area contributed by atoms with Gasteiger partial charge in [-0.15, -0.1) is 0 Å². The zero-order valence-electron chi connectivity index (χ0n) is 19.5. The molecule has 0 N–H and O–H groups in total. The number of aromatic nitrogens is 1. The van der Waals surface area contributed by atoms with Gasteiger partial charge in [-0.25, -0.2) is 18.2 Å². The summed E-state index contributed by atoms with van der Waals surface area (Å²) in [5.74, 6) is -2.74. The first-order valence-electron chi connectivity index (χ1n) is 10.9. The monoisotopic (exact) mass is 516 g/mol. The first kappa shape index (κ1) is 25.6. The highest BCUT2D eigenvalue weighted by atomic mass is 32.2. The van der Waals surface area contributed by atoms with E-state index in [2.05, 4.69) is 4.98 Å². The second-order valence-electron chi connectivity index (χ2n) is 8.10. The normalized spacial score (nSPS) is 17.7. The minimum Gasteiger partial charge on any atom is -0.481 e. The summed E-state index contributed by atoms with van der Waals surface area (Å²) in [6.45, 7) is 0.123. The van der Waals surface area contributed by atoms with Crippen molar-refractivity contribution in [2.75, 3.05) is 20.0 Å². The zero-order valence-corrected chi connectivity index (χ0v) is 20.3. The minimum absolute atomic E-state index is 0.0192. The van der Waals surface area contributed by atoms with E-state index in [1.54, 1.807) is 24.4 Å². The molecule has 3 aromatic rings. The number of rotatable bonds is 8. The molecule has 0 aliphatic carbocycles. The van der Waals surface area contributed by atoms with Crippen LogP contribution < -0.4 is 4.74 Å². The Morgan fingerprint density at radius 1 is 1.06 bits per heavy atom. The molecule has 2 heterocycles. The van der Waals surface area contributed by atoms with Crippen molar-refractivity contribution >= 4 is 16.7 Å². The Kier molecular flexibility index (Phi) is 7.85. The molecule has 1 aromatic heterocycles. The number of nitrogens with zero attached hydrogens (tertiary/aromatic N) is 2. The fraction of sp³-hybridized carbons (Fsp3) is 0.231. The van der Waals surface area contributed by atoms with E-state index in [0.717, 1.165) is 18.2 Å². The van der Waals surface area contributed by atoms with Gasteiger partial charge in [0.2, 0.25) is 5.88 Å². The van der Waals surface area contributed by atoms with Crippen molar-refractivity contribution in [1.82, 2.24) is 9.88 Å². The van der Waals surface area contributed by atoms with Crippen LogP contribution in [0.3, 0.4) is 0 Å². The Morgan fingerprint density at radius 3 is 2.39 bits per heavy atom. The second-order valence-corrected chi connectivity index (χ2v) is 9.46. The van der Waals surface area contributed by atoms with Crippen LogP contribution >= 0.6 is 0 Å². The average Bonchev–Trinajstić information content (AvgIpc) is 3.31. The molecule has 0 spiro atoms. The number of carbonyl (C=O) groups excluding carboxylic acids is 1. The fourth-order valence-electron chi connectivity index (χ4n) is 3.97. The van der Waals surface area contributed by atoms with Crippen molar-refractivity contribution in [3.8, 4) is 17.0 Å². The van der Waals surface area contributed by atoms with E-state index in [1.807, 2.05) is 0 Å². The van der Waals surface area contributed by atoms with E-state index in [9.17, 15) is 17.8 Å². The van der Waals surface area contributed by atoms with E-state index < -0.39 is 46.3 Å². The minimum atomic E-state index is -1.30. The molecule has 0 fully saturated rings. The van der Waals surface area contributed by atoms with Gasteiger partial charge in [0.05, 0.1) is 18.9 Å². The van der Waals surface area contributed by atoms with Gasteiger partial charge in [-0.05, 0) is 41.0 Å². The molecule has 1 aliphatic heterocycles. The predicted molar refractivity (Wildman–Crippen MR) is 129 cm³/mol. The zero-order chi connectivity index (χ0) is 25.8. The lowest BCUT2D eigenvalue weighted by Crippen LogP contribution is -2.43. The van der Waals surface area contributed by atoms with Crippen molar-refractivity contribution in [3.63, 3.8) is 0 Å². The standard InChI is InChI=1S/C26H23F3N2O4S/c1-34-24-11-16(7-9-30-24)14-31(19-8-10-36(33)15-19)26(32)25(35-2)20-5-3-17(12-22(20)28)18-4-6-21(27)23(29)13-18/h3-13,19,25H,14-15H2,1-2H3. The number of amides is 1. The Labute approximate surface area is 208 Å². The predicted octanol–water partition coefficient (Wildman–Crippen LogP) is 4.54. The van der Waals surface area contributed by atoms with E-state index in [0.29, 0.717) is 17.0 Å². The third-order valence-electron chi connectivity index (χ3n) is 5.83. The van der Waals surface area contributed by atoms with Gasteiger partial charge in [0.25, 0.3) is 5.91 Å². The van der Waals surface area contributed by atoms with Crippen LogP contribution in [0.5, 0.6) is 5.88 Å². The van der Waals surface area contributed by atoms with Crippen LogP contribution in [0.1, 0.15) is 17.2 Å². The van der Waals surface area contributed by atoms with E-state index >= 15 is 4.39 Å². The summed E-state index contributed by atoms with van der Waals surface area (Å²) in [5, 5.41) is 1.52. The lowest BCUT2D eigenvalue weighted by molar-refractivity contribution is -0.144. The molecule has 2 aromatic carbocycles. The van der Waals surface area contributed by atoms with Crippen molar-refractivity contribution < 1.29 is 31.6 Å². The summed E-state index contributed by atoms with van der Waals surface area (Å²) in [6, 6.07) is 10.2. The summed E-state index contributed by atoms with van der Waals surface area (Å²) < 4.78 is 64.8. The van der Waals surface area contributed by atoms with Gasteiger partial charge >= 0.3 is 0 Å². The highest BCUT2D eigenvalue weighted by Crippen LogP contribution is 2.30. The number of methoxy groups -OCH3 is 2. The van der Waals surface area contributed by atoms with E-state index in [1.165, 1.54) is 42.7 Å². The molecule has 36 heavy (non-hydrogen) atoms. The van der Waals surface area contributed by atoms with Crippen molar-refractivity contribution in [1.29, 1.82) is 0 Å². The van der Waals surface area contributed by atoms with Gasteiger partial charge < -0.3 is 14.4 Å². The molecule has 0 bridgehead atoms. The van der Waals surface area contributed by atoms with Gasteiger partial charge in [0.1, 0.15) is 5.82 Å². The quantitative estimate of drug-likeness (QED) is 0.440. The van der Waals surface area contributed by atoms with Crippen molar-refractivity contribution in [2.45, 2.75) is 18.7 Å². The third-order valence-corrected chi connectivity index (χ3v) is 6.96. The Bertz CT molecular complexity index is 1330. The summed E-state index contributed by atoms with van der Waals surface area (Å²) >= 11 is 0. The molecule has 1 amide bonds. The maximum atomic E-state index is 15.2. The van der Waals surface area contributed by atoms with Gasteiger partial charge in [-0.3, -0.25) is 9.00 Å². The molecule has 0 radical (unpaired) electrons. The van der Waals surface area contributed by atoms with Gasteiger partial charge in [-0.2, -0.15) is 0 Å². The SMILES string of the molecule is COc1cc(CN(C(=O)C(OC)c2ccc(-c3ccc(F)c(F)c3)cc2F)C2C=CS(=O)C2)ccn1. The Hall–Kier alpha value is -3.50. The van der Waals surface area contributed by atoms with Gasteiger partial charge in [0.15, 0.2) is 17.7 Å². The first-order valence-corrected chi connectivity index (χ1v) is 12.3. The van der Waals surface area contributed by atoms with Gasteiger partial charge in [-0.1, -0.05) is 24.3 Å². The lowest BCUT2D eigenvalue weighted by Gasteiger charge is -2.31. The number of halogens is 3. The maximum Gasteiger partial charge on any atom is 0.257 e. The molecular formula is C26H23F3N2O4S. The van der Waals surface area contributed by atoms with E-state index in [4.69, 9.17) is 9.47 Å². The topological polar surface area (TPSA) is 68.7 Å². The molecule has 188 valence electrons. The molecule has 10 heteroatoms. The summed E-state index contributed by atoms with van der Waals surface area (Å²) in [6.07, 6.45) is 1.93. The Balaban J connectivity index is 1.65. The van der Waals surface area contributed by atoms with Crippen LogP contribution in [0.4, 0.5) is 13.2 Å². The van der Waals surface area contributed by atoms with E-state index in [-0.39, 0.29) is 23.4 Å². The lowest BCUT2D eigenvalue weighted by atomic mass is 9.99. The summed E-state index contributed by atoms with van der Waals surface area (Å²) in [4.78, 5) is 19.2. The Morgan fingerprint density at radius 2 is 1.78 bits per heavy atom. The molecule has 0 saturated heterocycles. The van der Waals surface area contributed by atoms with Crippen LogP contribution in [-0.4, -0.2) is 46.0 Å². The highest BCUT2D eigenvalue weighted by Gasteiger charge is 2.34. The molecule has 3 atom stereocenters. The largest absolute Gasteiger partial charge is 0.481 e. The summed E-state index contributed by atoms with van der Waals surface area (Å²) in [5.41, 5.74) is 1.29. The highest BCUT2D eigenvalue weighted by molar-refractivity contribution is 7.88. The smallest absolute Gasteiger partial charge is 0.257 e. The molecule has 0 saturated carbocycles. The molecular weight excluding hydrogens is 493 g/mol. The summed E-state index contributed by atoms with van der Waals surface area (Å²) in [7, 11) is 1.54. The van der Waals surface area contributed by atoms with Crippen LogP contribution in [0.15, 0.2) is 66.2 Å².